The van der Waals surface area contributed by atoms with Gasteiger partial charge in [-0.3, -0.25) is 4.57 Å². The van der Waals surface area contributed by atoms with E-state index in [-0.39, 0.29) is 5.82 Å². The fourth-order valence-electron chi connectivity index (χ4n) is 2.92. The van der Waals surface area contributed by atoms with E-state index in [1.54, 1.807) is 11.5 Å². The number of furan rings is 1. The number of nitro groups is 1. The second kappa shape index (κ2) is 6.33. The second-order valence-corrected chi connectivity index (χ2v) is 5.84. The molecule has 2 aromatic heterocycles. The molecule has 2 aromatic carbocycles. The molecule has 128 valence electrons. The van der Waals surface area contributed by atoms with Crippen LogP contribution in [0.3, 0.4) is 0 Å². The van der Waals surface area contributed by atoms with Crippen LogP contribution in [0.4, 0.5) is 5.82 Å². The Kier molecular flexibility index (Phi) is 3.85. The van der Waals surface area contributed by atoms with Gasteiger partial charge in [0.1, 0.15) is 11.5 Å². The van der Waals surface area contributed by atoms with Crippen molar-refractivity contribution in [1.29, 1.82) is 0 Å². The first-order valence-corrected chi connectivity index (χ1v) is 8.08. The lowest BCUT2D eigenvalue weighted by molar-refractivity contribution is -0.389. The van der Waals surface area contributed by atoms with Crippen molar-refractivity contribution in [3.05, 3.63) is 88.9 Å². The average molecular weight is 345 g/mol. The molecule has 0 fully saturated rings. The van der Waals surface area contributed by atoms with E-state index in [0.717, 1.165) is 11.1 Å². The Labute approximate surface area is 149 Å². The summed E-state index contributed by atoms with van der Waals surface area (Å²) in [6, 6.07) is 21.3. The lowest BCUT2D eigenvalue weighted by Gasteiger charge is -2.04. The molecule has 4 rings (SSSR count). The molecule has 0 amide bonds. The van der Waals surface area contributed by atoms with Crippen LogP contribution in [0.1, 0.15) is 5.69 Å². The van der Waals surface area contributed by atoms with Gasteiger partial charge >= 0.3 is 5.82 Å². The molecular formula is C20H15N3O3. The van der Waals surface area contributed by atoms with Crippen LogP contribution in [0.2, 0.25) is 0 Å². The van der Waals surface area contributed by atoms with Gasteiger partial charge in [0.2, 0.25) is 6.33 Å². The molecule has 0 spiro atoms. The average Bonchev–Trinajstić information content (AvgIpc) is 3.27. The van der Waals surface area contributed by atoms with Crippen LogP contribution in [-0.4, -0.2) is 14.5 Å². The molecular weight excluding hydrogens is 330 g/mol. The predicted octanol–water partition coefficient (Wildman–Crippen LogP) is 5.02. The largest absolute Gasteiger partial charge is 0.454 e. The number of hydrogen-bond acceptors (Lipinski definition) is 4. The second-order valence-electron chi connectivity index (χ2n) is 5.84. The lowest BCUT2D eigenvalue weighted by Crippen LogP contribution is -1.97. The third-order valence-electron chi connectivity index (χ3n) is 4.22. The molecule has 0 N–H and O–H groups in total. The maximum Gasteiger partial charge on any atom is 0.384 e. The summed E-state index contributed by atoms with van der Waals surface area (Å²) in [6.45, 7) is 1.68. The highest BCUT2D eigenvalue weighted by Crippen LogP contribution is 2.36. The van der Waals surface area contributed by atoms with E-state index in [9.17, 15) is 10.1 Å². The number of rotatable bonds is 4. The smallest absolute Gasteiger partial charge is 0.384 e. The highest BCUT2D eigenvalue weighted by atomic mass is 16.6. The molecule has 26 heavy (non-hydrogen) atoms. The van der Waals surface area contributed by atoms with Crippen LogP contribution >= 0.6 is 0 Å². The Balaban J connectivity index is 1.93. The van der Waals surface area contributed by atoms with Gasteiger partial charge in [0.05, 0.1) is 5.69 Å². The maximum atomic E-state index is 11.2. The highest BCUT2D eigenvalue weighted by Gasteiger charge is 2.23. The van der Waals surface area contributed by atoms with Gasteiger partial charge in [-0.15, -0.1) is 0 Å². The van der Waals surface area contributed by atoms with E-state index in [4.69, 9.17) is 4.42 Å². The molecule has 0 bridgehead atoms. The lowest BCUT2D eigenvalue weighted by atomic mass is 10.1. The van der Waals surface area contributed by atoms with E-state index in [1.807, 2.05) is 66.7 Å². The molecule has 6 heteroatoms. The molecule has 0 aliphatic heterocycles. The molecule has 6 nitrogen and oxygen atoms in total. The van der Waals surface area contributed by atoms with Gasteiger partial charge in [-0.25, -0.2) is 0 Å². The molecule has 2 heterocycles. The molecule has 4 aromatic rings. The van der Waals surface area contributed by atoms with Crippen molar-refractivity contribution in [3.8, 4) is 28.3 Å². The zero-order chi connectivity index (χ0) is 18.1. The molecule has 0 saturated heterocycles. The van der Waals surface area contributed by atoms with Crippen molar-refractivity contribution in [1.82, 2.24) is 9.55 Å². The Morgan fingerprint density at radius 2 is 1.62 bits per heavy atom. The number of aromatic nitrogens is 2. The predicted molar refractivity (Wildman–Crippen MR) is 98.1 cm³/mol. The summed E-state index contributed by atoms with van der Waals surface area (Å²) in [5.74, 6) is 1.17. The monoisotopic (exact) mass is 345 g/mol. The van der Waals surface area contributed by atoms with E-state index < -0.39 is 4.92 Å². The SMILES string of the molecule is Cc1c([N+](=O)[O-])ncn1-c1cc(-c2ccccc2)oc1-c1ccccc1. The van der Waals surface area contributed by atoms with Gasteiger partial charge in [-0.1, -0.05) is 60.7 Å². The van der Waals surface area contributed by atoms with Crippen molar-refractivity contribution in [2.24, 2.45) is 0 Å². The minimum Gasteiger partial charge on any atom is -0.454 e. The topological polar surface area (TPSA) is 74.1 Å². The van der Waals surface area contributed by atoms with Crippen LogP contribution in [0.25, 0.3) is 28.3 Å². The Morgan fingerprint density at radius 3 is 2.19 bits per heavy atom. The summed E-state index contributed by atoms with van der Waals surface area (Å²) in [4.78, 5) is 14.6. The summed E-state index contributed by atoms with van der Waals surface area (Å²) in [7, 11) is 0. The number of imidazole rings is 1. The summed E-state index contributed by atoms with van der Waals surface area (Å²) >= 11 is 0. The van der Waals surface area contributed by atoms with Gasteiger partial charge < -0.3 is 14.5 Å². The number of nitrogens with zero attached hydrogens (tertiary/aromatic N) is 3. The van der Waals surface area contributed by atoms with Crippen LogP contribution in [0.5, 0.6) is 0 Å². The zero-order valence-corrected chi connectivity index (χ0v) is 14.0. The standard InChI is InChI=1S/C20H15N3O3/c1-14-20(23(24)25)21-13-22(14)17-12-18(15-8-4-2-5-9-15)26-19(17)16-10-6-3-7-11-16/h2-13H,1H3. The van der Waals surface area contributed by atoms with Crippen LogP contribution in [0, 0.1) is 17.0 Å². The van der Waals surface area contributed by atoms with Gasteiger partial charge in [0, 0.05) is 17.2 Å². The highest BCUT2D eigenvalue weighted by molar-refractivity contribution is 5.74. The first-order chi connectivity index (χ1) is 12.6. The van der Waals surface area contributed by atoms with Crippen molar-refractivity contribution >= 4 is 5.82 Å². The molecule has 0 atom stereocenters. The first-order valence-electron chi connectivity index (χ1n) is 8.08. The Morgan fingerprint density at radius 1 is 1.00 bits per heavy atom. The molecule has 0 radical (unpaired) electrons. The van der Waals surface area contributed by atoms with Crippen molar-refractivity contribution in [2.45, 2.75) is 6.92 Å². The fourth-order valence-corrected chi connectivity index (χ4v) is 2.92. The number of benzene rings is 2. The molecule has 0 aliphatic rings. The zero-order valence-electron chi connectivity index (χ0n) is 14.0. The van der Waals surface area contributed by atoms with Crippen LogP contribution in [0.15, 0.2) is 77.5 Å². The van der Waals surface area contributed by atoms with Crippen molar-refractivity contribution in [2.75, 3.05) is 0 Å². The maximum absolute atomic E-state index is 11.2. The fraction of sp³-hybridized carbons (Fsp3) is 0.0500. The quantitative estimate of drug-likeness (QED) is 0.385. The summed E-state index contributed by atoms with van der Waals surface area (Å²) in [5, 5.41) is 11.2. The Hall–Kier alpha value is -3.67. The first kappa shape index (κ1) is 15.8. The minimum absolute atomic E-state index is 0.161. The molecule has 0 aliphatic carbocycles. The van der Waals surface area contributed by atoms with E-state index in [2.05, 4.69) is 4.98 Å². The van der Waals surface area contributed by atoms with Gasteiger partial charge in [0.25, 0.3) is 0 Å². The summed E-state index contributed by atoms with van der Waals surface area (Å²) in [5.41, 5.74) is 2.99. The van der Waals surface area contributed by atoms with Gasteiger partial charge in [-0.05, 0) is 16.8 Å². The van der Waals surface area contributed by atoms with E-state index in [1.165, 1.54) is 6.33 Å². The number of hydrogen-bond donors (Lipinski definition) is 0. The summed E-state index contributed by atoms with van der Waals surface area (Å²) in [6.07, 6.45) is 1.46. The van der Waals surface area contributed by atoms with Gasteiger partial charge in [0.15, 0.2) is 5.76 Å². The van der Waals surface area contributed by atoms with Crippen molar-refractivity contribution in [3.63, 3.8) is 0 Å². The Bertz CT molecular complexity index is 1070. The molecule has 0 unspecified atom stereocenters. The van der Waals surface area contributed by atoms with E-state index >= 15 is 0 Å². The third-order valence-corrected chi connectivity index (χ3v) is 4.22. The normalized spacial score (nSPS) is 10.8. The molecule has 0 saturated carbocycles. The summed E-state index contributed by atoms with van der Waals surface area (Å²) < 4.78 is 7.84. The third kappa shape index (κ3) is 2.67. The van der Waals surface area contributed by atoms with E-state index in [0.29, 0.717) is 22.9 Å². The van der Waals surface area contributed by atoms with Crippen molar-refractivity contribution < 1.29 is 9.34 Å². The van der Waals surface area contributed by atoms with Crippen LogP contribution < -0.4 is 0 Å². The van der Waals surface area contributed by atoms with Crippen LogP contribution in [-0.2, 0) is 0 Å². The minimum atomic E-state index is -0.480. The van der Waals surface area contributed by atoms with Gasteiger partial charge in [-0.2, -0.15) is 0 Å².